The first kappa shape index (κ1) is 16.5. The van der Waals surface area contributed by atoms with Crippen molar-refractivity contribution in [3.05, 3.63) is 29.6 Å². The highest BCUT2D eigenvalue weighted by atomic mass is 35.5. The number of sulfonamides is 1. The van der Waals surface area contributed by atoms with Crippen LogP contribution < -0.4 is 0 Å². The van der Waals surface area contributed by atoms with E-state index in [1.54, 1.807) is 0 Å². The third-order valence-corrected chi connectivity index (χ3v) is 5.41. The van der Waals surface area contributed by atoms with Crippen molar-refractivity contribution in [2.45, 2.75) is 4.90 Å². The van der Waals surface area contributed by atoms with Crippen LogP contribution in [0, 0.1) is 17.5 Å². The molecule has 1 fully saturated rings. The van der Waals surface area contributed by atoms with E-state index >= 15 is 0 Å². The first-order valence-electron chi connectivity index (χ1n) is 6.29. The Labute approximate surface area is 126 Å². The molecule has 1 saturated heterocycles. The highest BCUT2D eigenvalue weighted by molar-refractivity contribution is 7.89. The number of benzene rings is 1. The number of halogens is 4. The van der Waals surface area contributed by atoms with E-state index in [0.29, 0.717) is 37.6 Å². The van der Waals surface area contributed by atoms with Crippen molar-refractivity contribution in [1.82, 2.24) is 9.21 Å². The Morgan fingerprint density at radius 2 is 1.57 bits per heavy atom. The quantitative estimate of drug-likeness (QED) is 0.781. The van der Waals surface area contributed by atoms with Crippen molar-refractivity contribution in [3.63, 3.8) is 0 Å². The van der Waals surface area contributed by atoms with E-state index < -0.39 is 32.4 Å². The lowest BCUT2D eigenvalue weighted by molar-refractivity contribution is 0.196. The number of alkyl halides is 1. The van der Waals surface area contributed by atoms with Gasteiger partial charge in [0.2, 0.25) is 10.0 Å². The van der Waals surface area contributed by atoms with E-state index in [2.05, 4.69) is 0 Å². The van der Waals surface area contributed by atoms with Crippen molar-refractivity contribution in [1.29, 1.82) is 0 Å². The predicted octanol–water partition coefficient (Wildman–Crippen LogP) is 1.65. The molecule has 0 amide bonds. The predicted molar refractivity (Wildman–Crippen MR) is 72.2 cm³/mol. The lowest BCUT2D eigenvalue weighted by atomic mass is 10.3. The maximum Gasteiger partial charge on any atom is 0.249 e. The first-order chi connectivity index (χ1) is 9.86. The molecule has 1 aromatic rings. The molecule has 0 bridgehead atoms. The first-order valence-corrected chi connectivity index (χ1v) is 8.26. The van der Waals surface area contributed by atoms with Crippen LogP contribution in [0.15, 0.2) is 17.0 Å². The fourth-order valence-corrected chi connectivity index (χ4v) is 3.97. The maximum atomic E-state index is 13.6. The zero-order chi connectivity index (χ0) is 15.6. The normalized spacial score (nSPS) is 18.1. The minimum absolute atomic E-state index is 0.107. The average molecular weight is 343 g/mol. The van der Waals surface area contributed by atoms with Crippen molar-refractivity contribution < 1.29 is 21.6 Å². The molecule has 0 spiro atoms. The average Bonchev–Trinajstić information content (AvgIpc) is 2.38. The van der Waals surface area contributed by atoms with Crippen LogP contribution in [0.1, 0.15) is 0 Å². The van der Waals surface area contributed by atoms with Crippen LogP contribution in [-0.2, 0) is 10.0 Å². The fourth-order valence-electron chi connectivity index (χ4n) is 2.22. The van der Waals surface area contributed by atoms with Gasteiger partial charge < -0.3 is 0 Å². The summed E-state index contributed by atoms with van der Waals surface area (Å²) < 4.78 is 65.7. The molecule has 0 unspecified atom stereocenters. The van der Waals surface area contributed by atoms with Crippen LogP contribution in [-0.4, -0.2) is 56.2 Å². The zero-order valence-corrected chi connectivity index (χ0v) is 12.6. The second-order valence-electron chi connectivity index (χ2n) is 4.63. The number of rotatable bonds is 4. The zero-order valence-electron chi connectivity index (χ0n) is 11.0. The number of hydrogen-bond donors (Lipinski definition) is 0. The van der Waals surface area contributed by atoms with Gasteiger partial charge >= 0.3 is 0 Å². The number of piperazine rings is 1. The van der Waals surface area contributed by atoms with Crippen molar-refractivity contribution >= 4 is 21.6 Å². The second-order valence-corrected chi connectivity index (χ2v) is 6.89. The number of hydrogen-bond acceptors (Lipinski definition) is 3. The Balaban J connectivity index is 2.24. The summed E-state index contributed by atoms with van der Waals surface area (Å²) in [4.78, 5) is 0.853. The molecule has 21 heavy (non-hydrogen) atoms. The van der Waals surface area contributed by atoms with Gasteiger partial charge in [-0.1, -0.05) is 0 Å². The summed E-state index contributed by atoms with van der Waals surface area (Å²) in [6, 6.07) is 0.722. The monoisotopic (exact) mass is 342 g/mol. The maximum absolute atomic E-state index is 13.6. The molecular formula is C12H14ClF3N2O2S. The van der Waals surface area contributed by atoms with Crippen molar-refractivity contribution in [2.24, 2.45) is 0 Å². The summed E-state index contributed by atoms with van der Waals surface area (Å²) in [5.41, 5.74) is 0. The van der Waals surface area contributed by atoms with Gasteiger partial charge in [0.1, 0.15) is 17.5 Å². The van der Waals surface area contributed by atoms with Crippen LogP contribution in [0.2, 0.25) is 0 Å². The Kier molecular flexibility index (Phi) is 5.13. The molecule has 0 saturated carbocycles. The lowest BCUT2D eigenvalue weighted by Crippen LogP contribution is -2.49. The Bertz CT molecular complexity index is 596. The molecule has 1 aromatic carbocycles. The largest absolute Gasteiger partial charge is 0.300 e. The van der Waals surface area contributed by atoms with Gasteiger partial charge in [0.25, 0.3) is 0 Å². The van der Waals surface area contributed by atoms with Gasteiger partial charge in [0.05, 0.1) is 0 Å². The molecule has 0 radical (unpaired) electrons. The third kappa shape index (κ3) is 3.50. The van der Waals surface area contributed by atoms with E-state index in [-0.39, 0.29) is 13.1 Å². The van der Waals surface area contributed by atoms with Gasteiger partial charge in [-0.2, -0.15) is 4.31 Å². The molecule has 9 heteroatoms. The highest BCUT2D eigenvalue weighted by Crippen LogP contribution is 2.24. The van der Waals surface area contributed by atoms with E-state index in [1.807, 2.05) is 4.90 Å². The van der Waals surface area contributed by atoms with Gasteiger partial charge in [0, 0.05) is 50.7 Å². The van der Waals surface area contributed by atoms with E-state index in [9.17, 15) is 21.6 Å². The molecule has 1 aliphatic heterocycles. The van der Waals surface area contributed by atoms with Gasteiger partial charge in [-0.3, -0.25) is 4.90 Å². The van der Waals surface area contributed by atoms with Crippen LogP contribution in [0.25, 0.3) is 0 Å². The summed E-state index contributed by atoms with van der Waals surface area (Å²) in [5, 5.41) is 0. The van der Waals surface area contributed by atoms with Crippen LogP contribution in [0.4, 0.5) is 13.2 Å². The lowest BCUT2D eigenvalue weighted by Gasteiger charge is -2.33. The van der Waals surface area contributed by atoms with Crippen molar-refractivity contribution in [2.75, 3.05) is 38.6 Å². The summed E-state index contributed by atoms with van der Waals surface area (Å²) in [7, 11) is -4.32. The fraction of sp³-hybridized carbons (Fsp3) is 0.500. The minimum Gasteiger partial charge on any atom is -0.300 e. The van der Waals surface area contributed by atoms with Crippen LogP contribution in [0.3, 0.4) is 0 Å². The Morgan fingerprint density at radius 3 is 2.05 bits per heavy atom. The van der Waals surface area contributed by atoms with Crippen LogP contribution in [0.5, 0.6) is 0 Å². The van der Waals surface area contributed by atoms with Gasteiger partial charge in [-0.25, -0.2) is 21.6 Å². The Hall–Kier alpha value is -0.830. The van der Waals surface area contributed by atoms with Gasteiger partial charge in [-0.15, -0.1) is 11.6 Å². The Morgan fingerprint density at radius 1 is 1.05 bits per heavy atom. The molecule has 2 rings (SSSR count). The van der Waals surface area contributed by atoms with Gasteiger partial charge in [0.15, 0.2) is 4.90 Å². The van der Waals surface area contributed by atoms with Crippen LogP contribution >= 0.6 is 11.6 Å². The molecule has 0 N–H and O–H groups in total. The summed E-state index contributed by atoms with van der Waals surface area (Å²) in [5.74, 6) is -3.57. The third-order valence-electron chi connectivity index (χ3n) is 3.29. The SMILES string of the molecule is O=S(=O)(c1c(F)cc(F)cc1F)N1CCN(CCCl)CC1. The van der Waals surface area contributed by atoms with E-state index in [0.717, 1.165) is 4.31 Å². The molecule has 0 aromatic heterocycles. The van der Waals surface area contributed by atoms with E-state index in [4.69, 9.17) is 11.6 Å². The van der Waals surface area contributed by atoms with Gasteiger partial charge in [-0.05, 0) is 0 Å². The molecule has 0 atom stereocenters. The van der Waals surface area contributed by atoms with Crippen molar-refractivity contribution in [3.8, 4) is 0 Å². The summed E-state index contributed by atoms with van der Waals surface area (Å²) in [6.07, 6.45) is 0. The molecule has 1 heterocycles. The standard InChI is InChI=1S/C12H14ClF3N2O2S/c13-1-2-17-3-5-18(6-4-17)21(19,20)12-10(15)7-9(14)8-11(12)16/h7-8H,1-6H2. The number of nitrogens with zero attached hydrogens (tertiary/aromatic N) is 2. The molecular weight excluding hydrogens is 329 g/mol. The minimum atomic E-state index is -4.32. The van der Waals surface area contributed by atoms with E-state index in [1.165, 1.54) is 0 Å². The highest BCUT2D eigenvalue weighted by Gasteiger charge is 2.33. The summed E-state index contributed by atoms with van der Waals surface area (Å²) >= 11 is 5.61. The molecule has 1 aliphatic rings. The molecule has 4 nitrogen and oxygen atoms in total. The summed E-state index contributed by atoms with van der Waals surface area (Å²) in [6.45, 7) is 1.69. The molecule has 0 aliphatic carbocycles. The smallest absolute Gasteiger partial charge is 0.249 e. The topological polar surface area (TPSA) is 40.6 Å². The molecule has 118 valence electrons. The second kappa shape index (κ2) is 6.51.